The molecule has 2 rings (SSSR count). The minimum absolute atomic E-state index is 0.0400. The van der Waals surface area contributed by atoms with Crippen LogP contribution in [0.25, 0.3) is 0 Å². The van der Waals surface area contributed by atoms with Crippen molar-refractivity contribution < 1.29 is 4.79 Å². The van der Waals surface area contributed by atoms with Gasteiger partial charge in [-0.05, 0) is 37.9 Å². The second-order valence-corrected chi connectivity index (χ2v) is 5.73. The molecule has 1 aliphatic rings. The fourth-order valence-electron chi connectivity index (χ4n) is 2.60. The van der Waals surface area contributed by atoms with Gasteiger partial charge in [-0.3, -0.25) is 4.79 Å². The van der Waals surface area contributed by atoms with Crippen LogP contribution in [0.2, 0.25) is 10.0 Å². The van der Waals surface area contributed by atoms with E-state index in [0.717, 1.165) is 32.2 Å². The van der Waals surface area contributed by atoms with Gasteiger partial charge in [-0.1, -0.05) is 42.6 Å². The highest BCUT2D eigenvalue weighted by Crippen LogP contribution is 2.32. The van der Waals surface area contributed by atoms with Crippen molar-refractivity contribution in [3.63, 3.8) is 0 Å². The van der Waals surface area contributed by atoms with Crippen molar-refractivity contribution in [3.05, 3.63) is 28.2 Å². The average Bonchev–Trinajstić information content (AvgIpc) is 2.84. The van der Waals surface area contributed by atoms with Gasteiger partial charge in [0.2, 0.25) is 5.91 Å². The first-order valence-electron chi connectivity index (χ1n) is 6.59. The summed E-state index contributed by atoms with van der Waals surface area (Å²) in [6.07, 6.45) is 3.65. The highest BCUT2D eigenvalue weighted by atomic mass is 35.5. The lowest BCUT2D eigenvalue weighted by molar-refractivity contribution is -0.122. The zero-order valence-electron chi connectivity index (χ0n) is 10.9. The molecule has 0 radical (unpaired) electrons. The third kappa shape index (κ3) is 3.04. The van der Waals surface area contributed by atoms with Crippen LogP contribution >= 0.6 is 23.2 Å². The van der Waals surface area contributed by atoms with E-state index < -0.39 is 5.54 Å². The van der Waals surface area contributed by atoms with Crippen LogP contribution in [0.5, 0.6) is 0 Å². The molecule has 1 aromatic carbocycles. The van der Waals surface area contributed by atoms with E-state index in [9.17, 15) is 4.79 Å². The quantitative estimate of drug-likeness (QED) is 0.886. The number of benzene rings is 1. The summed E-state index contributed by atoms with van der Waals surface area (Å²) >= 11 is 12.2. The zero-order valence-corrected chi connectivity index (χ0v) is 12.4. The summed E-state index contributed by atoms with van der Waals surface area (Å²) in [7, 11) is 0. The fourth-order valence-corrected chi connectivity index (χ4v) is 3.10. The van der Waals surface area contributed by atoms with E-state index in [1.165, 1.54) is 0 Å². The predicted molar refractivity (Wildman–Crippen MR) is 80.0 cm³/mol. The van der Waals surface area contributed by atoms with Gasteiger partial charge in [0.05, 0.1) is 21.3 Å². The Kier molecular flexibility index (Phi) is 4.71. The Labute approximate surface area is 123 Å². The second-order valence-electron chi connectivity index (χ2n) is 4.91. The van der Waals surface area contributed by atoms with Crippen LogP contribution < -0.4 is 10.6 Å². The lowest BCUT2D eigenvalue weighted by Crippen LogP contribution is -2.50. The Morgan fingerprint density at radius 1 is 1.42 bits per heavy atom. The molecule has 0 bridgehead atoms. The van der Waals surface area contributed by atoms with Crippen molar-refractivity contribution in [1.82, 2.24) is 5.32 Å². The predicted octanol–water partition coefficient (Wildman–Crippen LogP) is 3.85. The van der Waals surface area contributed by atoms with Crippen LogP contribution in [0.1, 0.15) is 32.6 Å². The topological polar surface area (TPSA) is 41.1 Å². The lowest BCUT2D eigenvalue weighted by Gasteiger charge is -2.28. The van der Waals surface area contributed by atoms with Crippen LogP contribution in [0, 0.1) is 0 Å². The Bertz CT molecular complexity index is 450. The SMILES string of the molecule is CCCC1(C(=O)Nc2c(Cl)cccc2Cl)CCCN1. The van der Waals surface area contributed by atoms with Crippen LogP contribution in [0.3, 0.4) is 0 Å². The monoisotopic (exact) mass is 300 g/mol. The van der Waals surface area contributed by atoms with E-state index in [-0.39, 0.29) is 5.91 Å². The first-order chi connectivity index (χ1) is 9.09. The van der Waals surface area contributed by atoms with E-state index in [0.29, 0.717) is 15.7 Å². The first-order valence-corrected chi connectivity index (χ1v) is 7.35. The number of nitrogens with one attached hydrogen (secondary N) is 2. The van der Waals surface area contributed by atoms with Crippen LogP contribution in [0.15, 0.2) is 18.2 Å². The van der Waals surface area contributed by atoms with Gasteiger partial charge in [-0.25, -0.2) is 0 Å². The maximum atomic E-state index is 12.5. The number of hydrogen-bond donors (Lipinski definition) is 2. The molecule has 2 N–H and O–H groups in total. The lowest BCUT2D eigenvalue weighted by atomic mass is 9.91. The molecule has 1 heterocycles. The van der Waals surface area contributed by atoms with E-state index in [4.69, 9.17) is 23.2 Å². The summed E-state index contributed by atoms with van der Waals surface area (Å²) in [5.41, 5.74) is 0.0251. The molecule has 3 nitrogen and oxygen atoms in total. The van der Waals surface area contributed by atoms with E-state index >= 15 is 0 Å². The summed E-state index contributed by atoms with van der Waals surface area (Å²) in [6.45, 7) is 2.96. The van der Waals surface area contributed by atoms with Gasteiger partial charge in [0, 0.05) is 0 Å². The maximum Gasteiger partial charge on any atom is 0.244 e. The van der Waals surface area contributed by atoms with Crippen molar-refractivity contribution in [1.29, 1.82) is 0 Å². The zero-order chi connectivity index (χ0) is 13.9. The average molecular weight is 301 g/mol. The molecule has 1 aromatic rings. The van der Waals surface area contributed by atoms with Gasteiger partial charge >= 0.3 is 0 Å². The molecule has 1 unspecified atom stereocenters. The summed E-state index contributed by atoms with van der Waals surface area (Å²) in [6, 6.07) is 5.20. The number of halogens is 2. The molecule has 1 saturated heterocycles. The minimum atomic E-state index is -0.475. The number of hydrogen-bond acceptors (Lipinski definition) is 2. The van der Waals surface area contributed by atoms with Crippen LogP contribution in [-0.4, -0.2) is 18.0 Å². The van der Waals surface area contributed by atoms with Crippen molar-refractivity contribution >= 4 is 34.8 Å². The summed E-state index contributed by atoms with van der Waals surface area (Å²) in [5.74, 6) is -0.0400. The maximum absolute atomic E-state index is 12.5. The van der Waals surface area contributed by atoms with E-state index in [1.54, 1.807) is 18.2 Å². The molecule has 0 aliphatic carbocycles. The molecule has 5 heteroatoms. The molecule has 1 amide bonds. The Morgan fingerprint density at radius 3 is 2.63 bits per heavy atom. The highest BCUT2D eigenvalue weighted by molar-refractivity contribution is 6.39. The third-order valence-corrected chi connectivity index (χ3v) is 4.19. The number of rotatable bonds is 4. The second kappa shape index (κ2) is 6.12. The fraction of sp³-hybridized carbons (Fsp3) is 0.500. The number of anilines is 1. The van der Waals surface area contributed by atoms with Gasteiger partial charge in [-0.2, -0.15) is 0 Å². The van der Waals surface area contributed by atoms with Gasteiger partial charge in [0.25, 0.3) is 0 Å². The molecule has 0 saturated carbocycles. The molecule has 1 fully saturated rings. The minimum Gasteiger partial charge on any atom is -0.322 e. The van der Waals surface area contributed by atoms with E-state index in [2.05, 4.69) is 17.6 Å². The number of para-hydroxylation sites is 1. The molecular formula is C14H18Cl2N2O. The van der Waals surface area contributed by atoms with Crippen molar-refractivity contribution in [2.24, 2.45) is 0 Å². The summed E-state index contributed by atoms with van der Waals surface area (Å²) in [4.78, 5) is 12.5. The van der Waals surface area contributed by atoms with Crippen molar-refractivity contribution in [3.8, 4) is 0 Å². The Balaban J connectivity index is 2.20. The summed E-state index contributed by atoms with van der Waals surface area (Å²) in [5, 5.41) is 7.14. The molecule has 104 valence electrons. The standard InChI is InChI=1S/C14H18Cl2N2O/c1-2-7-14(8-4-9-17-14)13(19)18-12-10(15)5-3-6-11(12)16/h3,5-6,17H,2,4,7-9H2,1H3,(H,18,19). The molecule has 19 heavy (non-hydrogen) atoms. The van der Waals surface area contributed by atoms with Gasteiger partial charge < -0.3 is 10.6 Å². The normalized spacial score (nSPS) is 22.5. The molecule has 0 aromatic heterocycles. The van der Waals surface area contributed by atoms with Crippen molar-refractivity contribution in [2.45, 2.75) is 38.1 Å². The Morgan fingerprint density at radius 2 is 2.11 bits per heavy atom. The highest BCUT2D eigenvalue weighted by Gasteiger charge is 2.40. The van der Waals surface area contributed by atoms with Crippen molar-refractivity contribution in [2.75, 3.05) is 11.9 Å². The van der Waals surface area contributed by atoms with Crippen LogP contribution in [-0.2, 0) is 4.79 Å². The van der Waals surface area contributed by atoms with Gasteiger partial charge in [0.1, 0.15) is 0 Å². The van der Waals surface area contributed by atoms with E-state index in [1.807, 2.05) is 0 Å². The number of carbonyl (C=O) groups excluding carboxylic acids is 1. The Hall–Kier alpha value is -0.770. The van der Waals surface area contributed by atoms with Crippen LogP contribution in [0.4, 0.5) is 5.69 Å². The smallest absolute Gasteiger partial charge is 0.244 e. The number of amides is 1. The molecule has 1 aliphatic heterocycles. The largest absolute Gasteiger partial charge is 0.322 e. The first kappa shape index (κ1) is 14.6. The molecule has 1 atom stereocenters. The van der Waals surface area contributed by atoms with Gasteiger partial charge in [0.15, 0.2) is 0 Å². The summed E-state index contributed by atoms with van der Waals surface area (Å²) < 4.78 is 0. The molecular weight excluding hydrogens is 283 g/mol. The molecule has 0 spiro atoms. The van der Waals surface area contributed by atoms with Gasteiger partial charge in [-0.15, -0.1) is 0 Å². The third-order valence-electron chi connectivity index (χ3n) is 3.56. The number of carbonyl (C=O) groups is 1.